The number of Topliss-reactive ketones (excluding diaryl/α,β-unsaturated/α-hetero) is 1. The molecule has 1 aliphatic heterocycles. The molecule has 12 heavy (non-hydrogen) atoms. The maximum atomic E-state index is 11.0. The lowest BCUT2D eigenvalue weighted by molar-refractivity contribution is 0.107. The SMILES string of the molecule is O=C1C=Nc2cc(O)c(O)cc21. The smallest absolute Gasteiger partial charge is 0.206 e. The van der Waals surface area contributed by atoms with E-state index in [1.165, 1.54) is 12.1 Å². The first-order chi connectivity index (χ1) is 5.68. The second-order valence-electron chi connectivity index (χ2n) is 2.48. The Morgan fingerprint density at radius 3 is 2.58 bits per heavy atom. The number of aliphatic imine (C=N–C) groups is 1. The van der Waals surface area contributed by atoms with Crippen LogP contribution in [0.2, 0.25) is 0 Å². The number of phenols is 2. The second kappa shape index (κ2) is 2.07. The van der Waals surface area contributed by atoms with Gasteiger partial charge in [0.1, 0.15) is 0 Å². The fraction of sp³-hybridized carbons (Fsp3) is 0. The number of nitrogens with zero attached hydrogens (tertiary/aromatic N) is 1. The molecular formula is C8H5NO3. The highest BCUT2D eigenvalue weighted by molar-refractivity contribution is 6.40. The van der Waals surface area contributed by atoms with Gasteiger partial charge in [-0.3, -0.25) is 9.79 Å². The lowest BCUT2D eigenvalue weighted by Crippen LogP contribution is -1.92. The van der Waals surface area contributed by atoms with E-state index in [-0.39, 0.29) is 17.3 Å². The van der Waals surface area contributed by atoms with Crippen molar-refractivity contribution in [1.29, 1.82) is 0 Å². The molecule has 60 valence electrons. The Balaban J connectivity index is 2.69. The van der Waals surface area contributed by atoms with E-state index >= 15 is 0 Å². The topological polar surface area (TPSA) is 69.9 Å². The molecule has 2 N–H and O–H groups in total. The van der Waals surface area contributed by atoms with E-state index in [1.54, 1.807) is 0 Å². The van der Waals surface area contributed by atoms with Crippen molar-refractivity contribution in [3.63, 3.8) is 0 Å². The summed E-state index contributed by atoms with van der Waals surface area (Å²) in [5, 5.41) is 18.1. The van der Waals surface area contributed by atoms with Gasteiger partial charge in [0.2, 0.25) is 5.78 Å². The molecule has 0 amide bonds. The molecule has 1 heterocycles. The minimum Gasteiger partial charge on any atom is -0.504 e. The summed E-state index contributed by atoms with van der Waals surface area (Å²) in [7, 11) is 0. The van der Waals surface area contributed by atoms with E-state index < -0.39 is 0 Å². The Morgan fingerprint density at radius 2 is 1.83 bits per heavy atom. The number of ketones is 1. The number of carbonyl (C=O) groups is 1. The van der Waals surface area contributed by atoms with Crippen molar-refractivity contribution < 1.29 is 15.0 Å². The molecule has 0 bridgehead atoms. The zero-order valence-corrected chi connectivity index (χ0v) is 5.98. The molecule has 0 saturated carbocycles. The lowest BCUT2D eigenvalue weighted by atomic mass is 10.1. The van der Waals surface area contributed by atoms with Crippen molar-refractivity contribution in [2.75, 3.05) is 0 Å². The zero-order chi connectivity index (χ0) is 8.72. The van der Waals surface area contributed by atoms with E-state index in [4.69, 9.17) is 10.2 Å². The number of hydrogen-bond acceptors (Lipinski definition) is 4. The number of benzene rings is 1. The van der Waals surface area contributed by atoms with Crippen LogP contribution in [0.4, 0.5) is 5.69 Å². The van der Waals surface area contributed by atoms with Crippen molar-refractivity contribution >= 4 is 17.7 Å². The van der Waals surface area contributed by atoms with Crippen molar-refractivity contribution in [1.82, 2.24) is 0 Å². The monoisotopic (exact) mass is 163 g/mol. The summed E-state index contributed by atoms with van der Waals surface area (Å²) in [5.41, 5.74) is 0.723. The molecule has 2 rings (SSSR count). The first kappa shape index (κ1) is 6.84. The Bertz CT molecular complexity index is 396. The molecule has 0 fully saturated rings. The molecular weight excluding hydrogens is 158 g/mol. The number of fused-ring (bicyclic) bond motifs is 1. The normalized spacial score (nSPS) is 13.5. The summed E-state index contributed by atoms with van der Waals surface area (Å²) in [4.78, 5) is 14.7. The average Bonchev–Trinajstić information content (AvgIpc) is 2.35. The van der Waals surface area contributed by atoms with Gasteiger partial charge in [-0.15, -0.1) is 0 Å². The summed E-state index contributed by atoms with van der Waals surface area (Å²) >= 11 is 0. The molecule has 0 aliphatic carbocycles. The van der Waals surface area contributed by atoms with Crippen LogP contribution in [0.3, 0.4) is 0 Å². The van der Waals surface area contributed by atoms with Crippen molar-refractivity contribution in [2.45, 2.75) is 0 Å². The van der Waals surface area contributed by atoms with E-state index in [0.717, 1.165) is 6.21 Å². The van der Waals surface area contributed by atoms with Crippen molar-refractivity contribution in [3.05, 3.63) is 17.7 Å². The lowest BCUT2D eigenvalue weighted by Gasteiger charge is -1.99. The van der Waals surface area contributed by atoms with Crippen molar-refractivity contribution in [2.24, 2.45) is 4.99 Å². The number of carbonyl (C=O) groups excluding carboxylic acids is 1. The first-order valence-corrected chi connectivity index (χ1v) is 3.33. The predicted octanol–water partition coefficient (Wildman–Crippen LogP) is 0.996. The van der Waals surface area contributed by atoms with Gasteiger partial charge >= 0.3 is 0 Å². The zero-order valence-electron chi connectivity index (χ0n) is 5.98. The summed E-state index contributed by atoms with van der Waals surface area (Å²) in [6.07, 6.45) is 1.16. The highest BCUT2D eigenvalue weighted by atomic mass is 16.3. The van der Waals surface area contributed by atoms with E-state index in [9.17, 15) is 4.79 Å². The second-order valence-corrected chi connectivity index (χ2v) is 2.48. The molecule has 1 aliphatic rings. The van der Waals surface area contributed by atoms with Crippen LogP contribution in [0.5, 0.6) is 11.5 Å². The predicted molar refractivity (Wildman–Crippen MR) is 42.3 cm³/mol. The number of hydrogen-bond donors (Lipinski definition) is 2. The van der Waals surface area contributed by atoms with Crippen LogP contribution in [0.15, 0.2) is 17.1 Å². The third-order valence-electron chi connectivity index (χ3n) is 1.68. The van der Waals surface area contributed by atoms with Crippen molar-refractivity contribution in [3.8, 4) is 11.5 Å². The number of phenolic OH excluding ortho intramolecular Hbond substituents is 2. The molecule has 4 heteroatoms. The van der Waals surface area contributed by atoms with Gasteiger partial charge < -0.3 is 10.2 Å². The maximum absolute atomic E-state index is 11.0. The highest BCUT2D eigenvalue weighted by Crippen LogP contribution is 2.35. The number of rotatable bonds is 0. The van der Waals surface area contributed by atoms with Crippen LogP contribution in [-0.4, -0.2) is 22.2 Å². The fourth-order valence-electron chi connectivity index (χ4n) is 1.07. The Labute approximate surface area is 67.8 Å². The summed E-state index contributed by atoms with van der Waals surface area (Å²) in [6, 6.07) is 2.46. The van der Waals surface area contributed by atoms with Crippen LogP contribution in [0.1, 0.15) is 10.4 Å². The van der Waals surface area contributed by atoms with Crippen LogP contribution >= 0.6 is 0 Å². The molecule has 0 aromatic heterocycles. The van der Waals surface area contributed by atoms with Gasteiger partial charge in [0.25, 0.3) is 0 Å². The minimum atomic E-state index is -0.299. The van der Waals surface area contributed by atoms with Crippen LogP contribution in [-0.2, 0) is 0 Å². The average molecular weight is 163 g/mol. The van der Waals surface area contributed by atoms with Gasteiger partial charge in [-0.25, -0.2) is 0 Å². The maximum Gasteiger partial charge on any atom is 0.206 e. The van der Waals surface area contributed by atoms with E-state index in [1.807, 2.05) is 0 Å². The van der Waals surface area contributed by atoms with E-state index in [0.29, 0.717) is 11.3 Å². The van der Waals surface area contributed by atoms with Gasteiger partial charge in [-0.1, -0.05) is 0 Å². The first-order valence-electron chi connectivity index (χ1n) is 3.33. The summed E-state index contributed by atoms with van der Waals surface area (Å²) in [5.74, 6) is -0.812. The standard InChI is InChI=1S/C8H5NO3/c10-6-1-4-5(2-7(6)11)9-3-8(4)12/h1-3,10-11H. The van der Waals surface area contributed by atoms with Gasteiger partial charge in [-0.05, 0) is 6.07 Å². The Morgan fingerprint density at radius 1 is 1.17 bits per heavy atom. The van der Waals surface area contributed by atoms with Gasteiger partial charge in [0.15, 0.2) is 11.5 Å². The van der Waals surface area contributed by atoms with Gasteiger partial charge in [0, 0.05) is 6.07 Å². The molecule has 0 saturated heterocycles. The Kier molecular flexibility index (Phi) is 1.18. The molecule has 0 atom stereocenters. The molecule has 0 radical (unpaired) electrons. The molecule has 1 aromatic carbocycles. The summed E-state index contributed by atoms with van der Waals surface area (Å²) in [6.45, 7) is 0. The van der Waals surface area contributed by atoms with E-state index in [2.05, 4.69) is 4.99 Å². The van der Waals surface area contributed by atoms with Gasteiger partial charge in [0.05, 0.1) is 17.5 Å². The molecule has 0 unspecified atom stereocenters. The molecule has 4 nitrogen and oxygen atoms in total. The third-order valence-corrected chi connectivity index (χ3v) is 1.68. The molecule has 0 spiro atoms. The third kappa shape index (κ3) is 0.780. The highest BCUT2D eigenvalue weighted by Gasteiger charge is 2.17. The fourth-order valence-corrected chi connectivity index (χ4v) is 1.07. The summed E-state index contributed by atoms with van der Waals surface area (Å²) < 4.78 is 0. The van der Waals surface area contributed by atoms with Gasteiger partial charge in [-0.2, -0.15) is 0 Å². The number of aromatic hydroxyl groups is 2. The minimum absolute atomic E-state index is 0.250. The quantitative estimate of drug-likeness (QED) is 0.560. The largest absolute Gasteiger partial charge is 0.504 e. The van der Waals surface area contributed by atoms with Crippen LogP contribution in [0, 0.1) is 0 Å². The Hall–Kier alpha value is -1.84. The molecule has 1 aromatic rings. The van der Waals surface area contributed by atoms with Crippen LogP contribution < -0.4 is 0 Å². The van der Waals surface area contributed by atoms with Crippen LogP contribution in [0.25, 0.3) is 0 Å².